The highest BCUT2D eigenvalue weighted by molar-refractivity contribution is 4.96. The van der Waals surface area contributed by atoms with Gasteiger partial charge in [0.2, 0.25) is 0 Å². The molecule has 0 rings (SSSR count). The molecule has 0 aromatic rings. The Kier molecular flexibility index (Phi) is 3.37. The molecule has 0 heterocycles. The maximum atomic E-state index is 12.2. The van der Waals surface area contributed by atoms with Crippen LogP contribution in [0.2, 0.25) is 0 Å². The first-order valence-electron chi connectivity index (χ1n) is 3.15. The zero-order valence-electron chi connectivity index (χ0n) is 6.39. The van der Waals surface area contributed by atoms with Crippen molar-refractivity contribution in [1.82, 2.24) is 0 Å². The predicted molar refractivity (Wildman–Crippen MR) is 29.9 cm³/mol. The molecule has 0 aliphatic heterocycles. The Balaban J connectivity index is 5.07. The summed E-state index contributed by atoms with van der Waals surface area (Å²) < 4.78 is 94.5. The first-order valence-corrected chi connectivity index (χ1v) is 3.15. The molecule has 86 valence electrons. The minimum absolute atomic E-state index is 1.63. The van der Waals surface area contributed by atoms with Gasteiger partial charge in [-0.05, 0) is 0 Å². The molecule has 0 saturated heterocycles. The Morgan fingerprint density at radius 1 is 0.929 bits per heavy atom. The van der Waals surface area contributed by atoms with Gasteiger partial charge < -0.3 is 5.73 Å². The van der Waals surface area contributed by atoms with Crippen LogP contribution in [0.25, 0.3) is 0 Å². The molecular weight excluding hydrogens is 226 g/mol. The highest BCUT2D eigenvalue weighted by Crippen LogP contribution is 2.48. The fourth-order valence-corrected chi connectivity index (χ4v) is 0.534. The van der Waals surface area contributed by atoms with Crippen LogP contribution in [0.1, 0.15) is 0 Å². The third kappa shape index (κ3) is 1.91. The molecule has 14 heavy (non-hydrogen) atoms. The van der Waals surface area contributed by atoms with Crippen LogP contribution in [0.4, 0.5) is 35.1 Å². The van der Waals surface area contributed by atoms with E-state index < -0.39 is 30.7 Å². The molecular formula is C5H5F8N. The Morgan fingerprint density at radius 3 is 1.50 bits per heavy atom. The molecule has 1 unspecified atom stereocenters. The van der Waals surface area contributed by atoms with Crippen LogP contribution in [-0.2, 0) is 0 Å². The summed E-state index contributed by atoms with van der Waals surface area (Å²) in [5, 5.41) is 0. The summed E-state index contributed by atoms with van der Waals surface area (Å²) >= 11 is 0. The highest BCUT2D eigenvalue weighted by atomic mass is 19.4. The van der Waals surface area contributed by atoms with E-state index in [2.05, 4.69) is 5.73 Å². The number of rotatable bonds is 3. The standard InChI is InChI=1S/C5H5F8N/c6-2(1-14)3(7,8)4(9,10)5(11,12)13/h2H,1,14H2. The van der Waals surface area contributed by atoms with Crippen LogP contribution in [0.3, 0.4) is 0 Å². The van der Waals surface area contributed by atoms with Gasteiger partial charge in [0.15, 0.2) is 6.17 Å². The lowest BCUT2D eigenvalue weighted by Gasteiger charge is -2.29. The SMILES string of the molecule is NCC(F)C(F)(F)C(F)(F)C(F)(F)F. The molecule has 1 atom stereocenters. The lowest BCUT2D eigenvalue weighted by molar-refractivity contribution is -0.365. The van der Waals surface area contributed by atoms with Gasteiger partial charge in [-0.15, -0.1) is 0 Å². The van der Waals surface area contributed by atoms with E-state index in [0.29, 0.717) is 0 Å². The zero-order chi connectivity index (χ0) is 11.8. The molecule has 9 heteroatoms. The second kappa shape index (κ2) is 3.52. The lowest BCUT2D eigenvalue weighted by Crippen LogP contribution is -2.58. The van der Waals surface area contributed by atoms with Crippen LogP contribution in [0, 0.1) is 0 Å². The van der Waals surface area contributed by atoms with Crippen molar-refractivity contribution in [1.29, 1.82) is 0 Å². The van der Waals surface area contributed by atoms with Crippen molar-refractivity contribution in [3.63, 3.8) is 0 Å². The molecule has 0 saturated carbocycles. The van der Waals surface area contributed by atoms with Gasteiger partial charge in [-0.3, -0.25) is 0 Å². The third-order valence-corrected chi connectivity index (χ3v) is 1.37. The summed E-state index contributed by atoms with van der Waals surface area (Å²) in [7, 11) is 0. The van der Waals surface area contributed by atoms with Gasteiger partial charge >= 0.3 is 18.0 Å². The number of hydrogen-bond donors (Lipinski definition) is 1. The maximum absolute atomic E-state index is 12.2. The summed E-state index contributed by atoms with van der Waals surface area (Å²) in [6.45, 7) is -1.63. The topological polar surface area (TPSA) is 26.0 Å². The minimum atomic E-state index is -6.52. The quantitative estimate of drug-likeness (QED) is 0.739. The highest BCUT2D eigenvalue weighted by Gasteiger charge is 2.75. The summed E-state index contributed by atoms with van der Waals surface area (Å²) in [5.74, 6) is -12.3. The van der Waals surface area contributed by atoms with Crippen LogP contribution in [-0.4, -0.2) is 30.7 Å². The van der Waals surface area contributed by atoms with Crippen LogP contribution >= 0.6 is 0 Å². The second-order valence-corrected chi connectivity index (χ2v) is 2.40. The molecule has 0 radical (unpaired) electrons. The molecule has 2 N–H and O–H groups in total. The van der Waals surface area contributed by atoms with E-state index >= 15 is 0 Å². The van der Waals surface area contributed by atoms with Crippen molar-refractivity contribution in [3.05, 3.63) is 0 Å². The van der Waals surface area contributed by atoms with Gasteiger partial charge in [-0.25, -0.2) is 4.39 Å². The number of hydrogen-bond acceptors (Lipinski definition) is 1. The number of nitrogens with two attached hydrogens (primary N) is 1. The van der Waals surface area contributed by atoms with E-state index in [-0.39, 0.29) is 0 Å². The Labute approximate surface area is 72.9 Å². The first kappa shape index (κ1) is 13.4. The van der Waals surface area contributed by atoms with E-state index in [0.717, 1.165) is 0 Å². The molecule has 0 bridgehead atoms. The van der Waals surface area contributed by atoms with Crippen molar-refractivity contribution in [3.8, 4) is 0 Å². The van der Waals surface area contributed by atoms with Gasteiger partial charge in [-0.1, -0.05) is 0 Å². The summed E-state index contributed by atoms with van der Waals surface area (Å²) in [4.78, 5) is 0. The average Bonchev–Trinajstić information content (AvgIpc) is 2.00. The zero-order valence-corrected chi connectivity index (χ0v) is 6.39. The van der Waals surface area contributed by atoms with Gasteiger partial charge in [0, 0.05) is 6.54 Å². The van der Waals surface area contributed by atoms with E-state index in [1.807, 2.05) is 0 Å². The predicted octanol–water partition coefficient (Wildman–Crippen LogP) is 2.12. The fourth-order valence-electron chi connectivity index (χ4n) is 0.534. The second-order valence-electron chi connectivity index (χ2n) is 2.40. The summed E-state index contributed by atoms with van der Waals surface area (Å²) in [6, 6.07) is 0. The molecule has 0 aromatic heterocycles. The van der Waals surface area contributed by atoms with Gasteiger partial charge in [0.05, 0.1) is 0 Å². The molecule has 0 aromatic carbocycles. The average molecular weight is 231 g/mol. The van der Waals surface area contributed by atoms with Crippen LogP contribution in [0.15, 0.2) is 0 Å². The monoisotopic (exact) mass is 231 g/mol. The molecule has 0 aliphatic carbocycles. The Bertz CT molecular complexity index is 196. The van der Waals surface area contributed by atoms with Crippen LogP contribution in [0.5, 0.6) is 0 Å². The normalized spacial score (nSPS) is 16.9. The number of alkyl halides is 8. The van der Waals surface area contributed by atoms with E-state index in [9.17, 15) is 35.1 Å². The fraction of sp³-hybridized carbons (Fsp3) is 1.00. The summed E-state index contributed by atoms with van der Waals surface area (Å²) in [6.07, 6.45) is -10.3. The van der Waals surface area contributed by atoms with E-state index in [4.69, 9.17) is 0 Å². The molecule has 0 amide bonds. The molecule has 0 spiro atoms. The number of halogens is 8. The van der Waals surface area contributed by atoms with Crippen molar-refractivity contribution in [2.75, 3.05) is 6.54 Å². The van der Waals surface area contributed by atoms with Crippen molar-refractivity contribution in [2.45, 2.75) is 24.2 Å². The van der Waals surface area contributed by atoms with E-state index in [1.54, 1.807) is 0 Å². The smallest absolute Gasteiger partial charge is 0.328 e. The Morgan fingerprint density at radius 2 is 1.29 bits per heavy atom. The van der Waals surface area contributed by atoms with Gasteiger partial charge in [-0.2, -0.15) is 30.7 Å². The minimum Gasteiger partial charge on any atom is -0.328 e. The first-order chi connectivity index (χ1) is 5.98. The van der Waals surface area contributed by atoms with Crippen molar-refractivity contribution >= 4 is 0 Å². The third-order valence-electron chi connectivity index (χ3n) is 1.37. The molecule has 1 nitrogen and oxygen atoms in total. The summed E-state index contributed by atoms with van der Waals surface area (Å²) in [5.41, 5.74) is 4.24. The van der Waals surface area contributed by atoms with Crippen molar-refractivity contribution < 1.29 is 35.1 Å². The van der Waals surface area contributed by atoms with Crippen LogP contribution < -0.4 is 5.73 Å². The Hall–Kier alpha value is -0.600. The van der Waals surface area contributed by atoms with Gasteiger partial charge in [0.25, 0.3) is 0 Å². The maximum Gasteiger partial charge on any atom is 0.459 e. The van der Waals surface area contributed by atoms with E-state index in [1.165, 1.54) is 0 Å². The molecule has 0 fully saturated rings. The molecule has 0 aliphatic rings. The van der Waals surface area contributed by atoms with Crippen molar-refractivity contribution in [2.24, 2.45) is 5.73 Å². The lowest BCUT2D eigenvalue weighted by atomic mass is 10.1. The van der Waals surface area contributed by atoms with Gasteiger partial charge in [0.1, 0.15) is 0 Å². The largest absolute Gasteiger partial charge is 0.459 e.